The number of ether oxygens (including phenoxy) is 4. The molecule has 1 heterocycles. The highest BCUT2D eigenvalue weighted by Gasteiger charge is 2.66. The van der Waals surface area contributed by atoms with Crippen molar-refractivity contribution in [2.45, 2.75) is 99.6 Å². The highest BCUT2D eigenvalue weighted by molar-refractivity contribution is 6.00. The molecular formula is C23H40O6. The summed E-state index contributed by atoms with van der Waals surface area (Å²) < 4.78 is 23.9. The first-order valence-corrected chi connectivity index (χ1v) is 10.9. The number of rotatable bonds is 4. The molecule has 3 atom stereocenters. The Morgan fingerprint density at radius 1 is 0.897 bits per heavy atom. The van der Waals surface area contributed by atoms with Crippen LogP contribution in [0.2, 0.25) is 0 Å². The van der Waals surface area contributed by atoms with Crippen molar-refractivity contribution in [1.29, 1.82) is 0 Å². The van der Waals surface area contributed by atoms with Crippen molar-refractivity contribution >= 4 is 11.9 Å². The molecule has 0 aromatic heterocycles. The molecule has 2 fully saturated rings. The minimum absolute atomic E-state index is 0.0527. The second-order valence-electron chi connectivity index (χ2n) is 10.8. The molecule has 6 nitrogen and oxygen atoms in total. The van der Waals surface area contributed by atoms with Gasteiger partial charge >= 0.3 is 11.9 Å². The monoisotopic (exact) mass is 412 g/mol. The van der Waals surface area contributed by atoms with Gasteiger partial charge in [0.25, 0.3) is 0 Å². The lowest BCUT2D eigenvalue weighted by molar-refractivity contribution is -0.357. The average molecular weight is 413 g/mol. The summed E-state index contributed by atoms with van der Waals surface area (Å²) in [5.41, 5.74) is -1.59. The molecule has 29 heavy (non-hydrogen) atoms. The number of esters is 2. The molecule has 0 aromatic rings. The van der Waals surface area contributed by atoms with E-state index in [2.05, 4.69) is 41.5 Å². The van der Waals surface area contributed by atoms with Gasteiger partial charge in [-0.15, -0.1) is 0 Å². The summed E-state index contributed by atoms with van der Waals surface area (Å²) in [5, 5.41) is 0. The van der Waals surface area contributed by atoms with Crippen molar-refractivity contribution in [3.8, 4) is 0 Å². The molecule has 1 saturated heterocycles. The Kier molecular flexibility index (Phi) is 6.81. The fourth-order valence-electron chi connectivity index (χ4n) is 4.45. The Hall–Kier alpha value is -1.14. The third kappa shape index (κ3) is 4.63. The minimum atomic E-state index is -1.40. The second-order valence-corrected chi connectivity index (χ2v) is 10.8. The van der Waals surface area contributed by atoms with E-state index < -0.39 is 23.1 Å². The van der Waals surface area contributed by atoms with Crippen LogP contribution in [0, 0.1) is 22.2 Å². The number of hydrogen-bond donors (Lipinski definition) is 0. The molecule has 1 saturated carbocycles. The topological polar surface area (TPSA) is 71.1 Å². The zero-order valence-electron chi connectivity index (χ0n) is 19.7. The molecule has 2 aliphatic rings. The van der Waals surface area contributed by atoms with Crippen LogP contribution in [0.25, 0.3) is 0 Å². The molecule has 0 N–H and O–H groups in total. The molecule has 1 spiro atoms. The Bertz CT molecular complexity index is 572. The third-order valence-electron chi connectivity index (χ3n) is 6.33. The van der Waals surface area contributed by atoms with E-state index in [1.54, 1.807) is 13.8 Å². The van der Waals surface area contributed by atoms with Gasteiger partial charge in [0.2, 0.25) is 0 Å². The summed E-state index contributed by atoms with van der Waals surface area (Å²) in [7, 11) is 0. The number of carbonyl (C=O) groups is 2. The fraction of sp³-hybridized carbons (Fsp3) is 0.913. The average Bonchev–Trinajstić information content (AvgIpc) is 2.87. The van der Waals surface area contributed by atoms with Crippen molar-refractivity contribution in [3.63, 3.8) is 0 Å². The van der Waals surface area contributed by atoms with Crippen LogP contribution in [-0.4, -0.2) is 43.1 Å². The Labute approximate surface area is 176 Å². The van der Waals surface area contributed by atoms with Gasteiger partial charge in [-0.3, -0.25) is 9.59 Å². The maximum absolute atomic E-state index is 13.0. The molecule has 0 amide bonds. The summed E-state index contributed by atoms with van der Waals surface area (Å²) in [6.45, 7) is 18.8. The smallest absolute Gasteiger partial charge is 0.323 e. The molecule has 6 heteroatoms. The molecule has 0 bridgehead atoms. The maximum Gasteiger partial charge on any atom is 0.323 e. The predicted molar refractivity (Wildman–Crippen MR) is 110 cm³/mol. The molecule has 1 aliphatic carbocycles. The molecule has 1 aliphatic heterocycles. The van der Waals surface area contributed by atoms with Gasteiger partial charge in [0, 0.05) is 18.8 Å². The molecule has 0 radical (unpaired) electrons. The first-order chi connectivity index (χ1) is 13.2. The van der Waals surface area contributed by atoms with Gasteiger partial charge in [0.15, 0.2) is 11.2 Å². The minimum Gasteiger partial charge on any atom is -0.465 e. The van der Waals surface area contributed by atoms with E-state index in [9.17, 15) is 9.59 Å². The summed E-state index contributed by atoms with van der Waals surface area (Å²) in [4.78, 5) is 26.0. The van der Waals surface area contributed by atoms with E-state index in [4.69, 9.17) is 18.9 Å². The summed E-state index contributed by atoms with van der Waals surface area (Å²) in [6, 6.07) is 0. The molecule has 3 unspecified atom stereocenters. The second kappa shape index (κ2) is 8.18. The lowest BCUT2D eigenvalue weighted by Gasteiger charge is -2.52. The molecule has 0 aromatic carbocycles. The zero-order chi connectivity index (χ0) is 22.3. The first-order valence-electron chi connectivity index (χ1n) is 10.9. The van der Waals surface area contributed by atoms with E-state index in [0.29, 0.717) is 6.42 Å². The summed E-state index contributed by atoms with van der Waals surface area (Å²) in [6.07, 6.45) is 1.08. The Morgan fingerprint density at radius 3 is 1.66 bits per heavy atom. The lowest BCUT2D eigenvalue weighted by atomic mass is 9.77. The normalized spacial score (nSPS) is 32.2. The molecule has 2 rings (SSSR count). The van der Waals surface area contributed by atoms with Crippen molar-refractivity contribution < 1.29 is 28.5 Å². The van der Waals surface area contributed by atoms with Crippen molar-refractivity contribution in [2.75, 3.05) is 13.2 Å². The van der Waals surface area contributed by atoms with E-state index in [1.807, 2.05) is 6.92 Å². The SMILES string of the molecule is CCOC(=O)C1(C(=O)OCC)CC(C)C2(C1)OC(C(C)(C)C)CC(C(C)(C)C)O2. The van der Waals surface area contributed by atoms with Crippen LogP contribution in [0.3, 0.4) is 0 Å². The zero-order valence-corrected chi connectivity index (χ0v) is 19.7. The molecular weight excluding hydrogens is 372 g/mol. The summed E-state index contributed by atoms with van der Waals surface area (Å²) in [5.74, 6) is -2.27. The van der Waals surface area contributed by atoms with E-state index in [-0.39, 0.29) is 48.6 Å². The van der Waals surface area contributed by atoms with Crippen molar-refractivity contribution in [2.24, 2.45) is 22.2 Å². The molecule has 168 valence electrons. The van der Waals surface area contributed by atoms with Crippen LogP contribution < -0.4 is 0 Å². The number of hydrogen-bond acceptors (Lipinski definition) is 6. The quantitative estimate of drug-likeness (QED) is 0.500. The standard InChI is InChI=1S/C23H40O6/c1-10-26-18(24)22(19(25)27-11-2)13-15(3)23(14-22)28-16(20(4,5)6)12-17(29-23)21(7,8)9/h15-17H,10-14H2,1-9H3. The first kappa shape index (κ1) is 24.1. The highest BCUT2D eigenvalue weighted by atomic mass is 16.7. The van der Waals surface area contributed by atoms with Gasteiger partial charge in [0.1, 0.15) is 0 Å². The number of carbonyl (C=O) groups excluding carboxylic acids is 2. The van der Waals surface area contributed by atoms with Gasteiger partial charge in [-0.2, -0.15) is 0 Å². The van der Waals surface area contributed by atoms with Gasteiger partial charge in [-0.25, -0.2) is 0 Å². The highest BCUT2D eigenvalue weighted by Crippen LogP contribution is 2.56. The van der Waals surface area contributed by atoms with Crippen LogP contribution in [-0.2, 0) is 28.5 Å². The Morgan fingerprint density at radius 2 is 1.31 bits per heavy atom. The summed E-state index contributed by atoms with van der Waals surface area (Å²) >= 11 is 0. The maximum atomic E-state index is 13.0. The third-order valence-corrected chi connectivity index (χ3v) is 6.33. The Balaban J connectivity index is 2.49. The lowest BCUT2D eigenvalue weighted by Crippen LogP contribution is -2.57. The van der Waals surface area contributed by atoms with Crippen LogP contribution >= 0.6 is 0 Å². The van der Waals surface area contributed by atoms with Crippen molar-refractivity contribution in [1.82, 2.24) is 0 Å². The van der Waals surface area contributed by atoms with Crippen LogP contribution in [0.5, 0.6) is 0 Å². The van der Waals surface area contributed by atoms with E-state index in [1.165, 1.54) is 0 Å². The largest absolute Gasteiger partial charge is 0.465 e. The van der Waals surface area contributed by atoms with Gasteiger partial charge in [0.05, 0.1) is 25.4 Å². The van der Waals surface area contributed by atoms with Gasteiger partial charge in [-0.05, 0) is 31.1 Å². The van der Waals surface area contributed by atoms with E-state index >= 15 is 0 Å². The van der Waals surface area contributed by atoms with Crippen LogP contribution in [0.4, 0.5) is 0 Å². The van der Waals surface area contributed by atoms with Gasteiger partial charge in [-0.1, -0.05) is 48.5 Å². The fourth-order valence-corrected chi connectivity index (χ4v) is 4.45. The van der Waals surface area contributed by atoms with Crippen molar-refractivity contribution in [3.05, 3.63) is 0 Å². The van der Waals surface area contributed by atoms with Gasteiger partial charge < -0.3 is 18.9 Å². The van der Waals surface area contributed by atoms with E-state index in [0.717, 1.165) is 6.42 Å². The van der Waals surface area contributed by atoms with Crippen LogP contribution in [0.15, 0.2) is 0 Å². The van der Waals surface area contributed by atoms with Crippen LogP contribution in [0.1, 0.15) is 81.6 Å². The predicted octanol–water partition coefficient (Wildman–Crippen LogP) is 4.49.